The van der Waals surface area contributed by atoms with Crippen molar-refractivity contribution in [2.75, 3.05) is 19.6 Å². The number of hydrogen-bond acceptors (Lipinski definition) is 3. The fraction of sp³-hybridized carbons (Fsp3) is 0.643. The van der Waals surface area contributed by atoms with E-state index in [9.17, 15) is 9.59 Å². The Morgan fingerprint density at radius 1 is 1.05 bits per heavy atom. The van der Waals surface area contributed by atoms with Crippen molar-refractivity contribution < 1.29 is 9.59 Å². The Morgan fingerprint density at radius 2 is 1.67 bits per heavy atom. The summed E-state index contributed by atoms with van der Waals surface area (Å²) in [6.07, 6.45) is 0.830. The van der Waals surface area contributed by atoms with Crippen LogP contribution in [0.25, 0.3) is 0 Å². The predicted molar refractivity (Wildman–Crippen MR) is 82.7 cm³/mol. The molecule has 0 radical (unpaired) electrons. The van der Waals surface area contributed by atoms with Gasteiger partial charge < -0.3 is 9.80 Å². The smallest absolute Gasteiger partial charge is 0.312 e. The fourth-order valence-electron chi connectivity index (χ4n) is 2.52. The quantitative estimate of drug-likeness (QED) is 0.749. The summed E-state index contributed by atoms with van der Waals surface area (Å²) in [6, 6.07) is 0. The lowest BCUT2D eigenvalue weighted by Gasteiger charge is -2.33. The van der Waals surface area contributed by atoms with Gasteiger partial charge in [0.15, 0.2) is 0 Å². The molecule has 21 heavy (non-hydrogen) atoms. The molecule has 0 spiro atoms. The second-order valence-electron chi connectivity index (χ2n) is 4.99. The lowest BCUT2D eigenvalue weighted by molar-refractivity contribution is -0.156. The molecule has 0 aromatic carbocycles. The third-order valence-corrected chi connectivity index (χ3v) is 4.73. The number of piperazine rings is 1. The molecule has 0 N–H and O–H groups in total. The Balaban J connectivity index is 2.21. The van der Waals surface area contributed by atoms with E-state index in [1.165, 1.54) is 0 Å². The first kappa shape index (κ1) is 16.0. The fourth-order valence-corrected chi connectivity index (χ4v) is 3.21. The van der Waals surface area contributed by atoms with Crippen molar-refractivity contribution in [3.05, 3.63) is 15.9 Å². The summed E-state index contributed by atoms with van der Waals surface area (Å²) in [5.41, 5.74) is 1.94. The van der Waals surface area contributed by atoms with Crippen LogP contribution in [-0.4, -0.2) is 51.0 Å². The lowest BCUT2D eigenvalue weighted by Crippen LogP contribution is -2.53. The van der Waals surface area contributed by atoms with Gasteiger partial charge in [0.1, 0.15) is 0 Å². The van der Waals surface area contributed by atoms with E-state index in [1.54, 1.807) is 9.80 Å². The highest BCUT2D eigenvalue weighted by Crippen LogP contribution is 2.24. The van der Waals surface area contributed by atoms with Gasteiger partial charge in [-0.1, -0.05) is 6.92 Å². The van der Waals surface area contributed by atoms with Crippen LogP contribution in [0, 0.1) is 0 Å². The van der Waals surface area contributed by atoms with Crippen molar-refractivity contribution in [2.24, 2.45) is 0 Å². The molecule has 1 aliphatic rings. The summed E-state index contributed by atoms with van der Waals surface area (Å²) in [7, 11) is 0. The summed E-state index contributed by atoms with van der Waals surface area (Å²) < 4.78 is 2.84. The van der Waals surface area contributed by atoms with Crippen molar-refractivity contribution in [1.29, 1.82) is 0 Å². The van der Waals surface area contributed by atoms with Gasteiger partial charge in [-0.2, -0.15) is 5.10 Å². The Labute approximate surface area is 133 Å². The molecule has 6 nitrogen and oxygen atoms in total. The van der Waals surface area contributed by atoms with Gasteiger partial charge in [0, 0.05) is 26.2 Å². The van der Waals surface area contributed by atoms with Crippen molar-refractivity contribution in [3.8, 4) is 0 Å². The molecule has 2 heterocycles. The molecule has 0 saturated carbocycles. The van der Waals surface area contributed by atoms with Crippen LogP contribution < -0.4 is 0 Å². The van der Waals surface area contributed by atoms with Gasteiger partial charge in [-0.05, 0) is 36.2 Å². The first-order chi connectivity index (χ1) is 10.0. The van der Waals surface area contributed by atoms with Gasteiger partial charge in [0.2, 0.25) is 0 Å². The van der Waals surface area contributed by atoms with E-state index >= 15 is 0 Å². The first-order valence-electron chi connectivity index (χ1n) is 7.35. The average molecular weight is 357 g/mol. The highest BCUT2D eigenvalue weighted by atomic mass is 79.9. The molecular weight excluding hydrogens is 336 g/mol. The van der Waals surface area contributed by atoms with Crippen LogP contribution in [0.2, 0.25) is 0 Å². The highest BCUT2D eigenvalue weighted by molar-refractivity contribution is 9.10. The molecule has 0 bridgehead atoms. The van der Waals surface area contributed by atoms with Crippen LogP contribution in [0.5, 0.6) is 0 Å². The number of halogens is 1. The molecule has 0 aliphatic carbocycles. The molecular formula is C14H21BrN4O2. The van der Waals surface area contributed by atoms with E-state index in [0.717, 1.165) is 28.8 Å². The van der Waals surface area contributed by atoms with E-state index in [1.807, 2.05) is 25.5 Å². The average Bonchev–Trinajstić information content (AvgIpc) is 2.80. The maximum atomic E-state index is 12.2. The summed E-state index contributed by atoms with van der Waals surface area (Å²) in [6.45, 7) is 8.86. The van der Waals surface area contributed by atoms with Crippen LogP contribution in [-0.2, 0) is 29.1 Å². The summed E-state index contributed by atoms with van der Waals surface area (Å²) in [5, 5.41) is 4.52. The summed E-state index contributed by atoms with van der Waals surface area (Å²) in [4.78, 5) is 27.3. The molecule has 2 amide bonds. The van der Waals surface area contributed by atoms with Gasteiger partial charge >= 0.3 is 11.8 Å². The summed E-state index contributed by atoms with van der Waals surface area (Å²) >= 11 is 3.57. The molecule has 2 rings (SSSR count). The molecule has 1 aliphatic heterocycles. The molecule has 0 unspecified atom stereocenters. The number of aryl methyl sites for hydroxylation is 2. The maximum Gasteiger partial charge on any atom is 0.312 e. The molecule has 1 saturated heterocycles. The van der Waals surface area contributed by atoms with E-state index < -0.39 is 11.8 Å². The third kappa shape index (κ3) is 2.97. The molecule has 7 heteroatoms. The number of rotatable bonds is 5. The van der Waals surface area contributed by atoms with Gasteiger partial charge in [-0.15, -0.1) is 0 Å². The molecule has 1 aromatic rings. The van der Waals surface area contributed by atoms with E-state index in [2.05, 4.69) is 21.0 Å². The molecule has 116 valence electrons. The van der Waals surface area contributed by atoms with E-state index in [-0.39, 0.29) is 0 Å². The zero-order valence-electron chi connectivity index (χ0n) is 12.7. The van der Waals surface area contributed by atoms with Gasteiger partial charge in [0.25, 0.3) is 0 Å². The standard InChI is InChI=1S/C14H21BrN4O2/c1-4-10-12(15)11(19(6-3)16-10)9-18-8-7-17(5-2)13(20)14(18)21/h4-9H2,1-3H3. The molecule has 1 aromatic heterocycles. The zero-order chi connectivity index (χ0) is 15.6. The van der Waals surface area contributed by atoms with Crippen LogP contribution >= 0.6 is 15.9 Å². The minimum atomic E-state index is -0.420. The SMILES string of the molecule is CCc1nn(CC)c(CN2CCN(CC)C(=O)C2=O)c1Br. The van der Waals surface area contributed by atoms with Crippen LogP contribution in [0.1, 0.15) is 32.2 Å². The topological polar surface area (TPSA) is 58.4 Å². The first-order valence-corrected chi connectivity index (χ1v) is 8.14. The number of carbonyl (C=O) groups is 2. The molecule has 0 atom stereocenters. The van der Waals surface area contributed by atoms with Crippen molar-refractivity contribution in [3.63, 3.8) is 0 Å². The second-order valence-corrected chi connectivity index (χ2v) is 5.78. The van der Waals surface area contributed by atoms with E-state index in [4.69, 9.17) is 0 Å². The minimum Gasteiger partial charge on any atom is -0.333 e. The predicted octanol–water partition coefficient (Wildman–Crippen LogP) is 1.42. The number of nitrogens with zero attached hydrogens (tertiary/aromatic N) is 4. The summed E-state index contributed by atoms with van der Waals surface area (Å²) in [5.74, 6) is -0.824. The van der Waals surface area contributed by atoms with Crippen molar-refractivity contribution in [1.82, 2.24) is 19.6 Å². The third-order valence-electron chi connectivity index (χ3n) is 3.81. The van der Waals surface area contributed by atoms with Crippen molar-refractivity contribution >= 4 is 27.7 Å². The zero-order valence-corrected chi connectivity index (χ0v) is 14.3. The van der Waals surface area contributed by atoms with E-state index in [0.29, 0.717) is 26.2 Å². The number of carbonyl (C=O) groups excluding carboxylic acids is 2. The van der Waals surface area contributed by atoms with Gasteiger partial charge in [-0.3, -0.25) is 14.3 Å². The monoisotopic (exact) mass is 356 g/mol. The number of hydrogen-bond donors (Lipinski definition) is 0. The van der Waals surface area contributed by atoms with Gasteiger partial charge in [0.05, 0.1) is 22.4 Å². The largest absolute Gasteiger partial charge is 0.333 e. The van der Waals surface area contributed by atoms with Crippen LogP contribution in [0.4, 0.5) is 0 Å². The maximum absolute atomic E-state index is 12.2. The Hall–Kier alpha value is -1.37. The lowest BCUT2D eigenvalue weighted by atomic mass is 10.2. The number of aromatic nitrogens is 2. The Kier molecular flexibility index (Phi) is 5.03. The molecule has 1 fully saturated rings. The normalized spacial score (nSPS) is 16.0. The number of likely N-dealkylation sites (N-methyl/N-ethyl adjacent to an activating group) is 1. The van der Waals surface area contributed by atoms with Gasteiger partial charge in [-0.25, -0.2) is 0 Å². The Bertz CT molecular complexity index is 555. The Morgan fingerprint density at radius 3 is 2.24 bits per heavy atom. The van der Waals surface area contributed by atoms with Crippen LogP contribution in [0.3, 0.4) is 0 Å². The highest BCUT2D eigenvalue weighted by Gasteiger charge is 2.32. The number of amides is 2. The minimum absolute atomic E-state index is 0.404. The second kappa shape index (κ2) is 6.60. The van der Waals surface area contributed by atoms with Crippen molar-refractivity contribution in [2.45, 2.75) is 40.3 Å². The van der Waals surface area contributed by atoms with Crippen LogP contribution in [0.15, 0.2) is 4.47 Å².